The molecule has 1 amide bonds. The zero-order valence-corrected chi connectivity index (χ0v) is 9.72. The summed E-state index contributed by atoms with van der Waals surface area (Å²) in [7, 11) is 0. The second-order valence-electron chi connectivity index (χ2n) is 3.88. The first-order chi connectivity index (χ1) is 6.61. The Bertz CT molecular complexity index is 191. The largest absolute Gasteiger partial charge is 0.376 e. The van der Waals surface area contributed by atoms with Gasteiger partial charge in [-0.25, -0.2) is 0 Å². The van der Waals surface area contributed by atoms with Crippen LogP contribution in [-0.4, -0.2) is 29.9 Å². The van der Waals surface area contributed by atoms with E-state index in [1.54, 1.807) is 6.92 Å². The second-order valence-corrected chi connectivity index (χ2v) is 4.65. The van der Waals surface area contributed by atoms with E-state index in [-0.39, 0.29) is 23.3 Å². The van der Waals surface area contributed by atoms with Crippen LogP contribution in [0.2, 0.25) is 0 Å². The van der Waals surface area contributed by atoms with Crippen LogP contribution in [0.4, 0.5) is 0 Å². The SMILES string of the molecule is CC(S)C(=O)NC(C)C1CCCCO1. The molecule has 0 saturated carbocycles. The second kappa shape index (κ2) is 5.61. The van der Waals surface area contributed by atoms with Crippen molar-refractivity contribution in [2.45, 2.75) is 50.5 Å². The van der Waals surface area contributed by atoms with Crippen LogP contribution in [0, 0.1) is 0 Å². The van der Waals surface area contributed by atoms with Crippen molar-refractivity contribution in [3.63, 3.8) is 0 Å². The molecule has 1 fully saturated rings. The maximum atomic E-state index is 11.4. The Hall–Kier alpha value is -0.220. The van der Waals surface area contributed by atoms with Gasteiger partial charge in [0.05, 0.1) is 17.4 Å². The number of ether oxygens (including phenoxy) is 1. The Balaban J connectivity index is 2.32. The summed E-state index contributed by atoms with van der Waals surface area (Å²) in [5, 5.41) is 2.66. The predicted octanol–water partition coefficient (Wildman–Crippen LogP) is 1.38. The number of nitrogens with one attached hydrogen (secondary N) is 1. The third-order valence-electron chi connectivity index (χ3n) is 2.52. The van der Waals surface area contributed by atoms with Gasteiger partial charge in [0.25, 0.3) is 0 Å². The summed E-state index contributed by atoms with van der Waals surface area (Å²) in [4.78, 5) is 11.4. The molecule has 1 aliphatic heterocycles. The van der Waals surface area contributed by atoms with Crippen LogP contribution in [0.1, 0.15) is 33.1 Å². The quantitative estimate of drug-likeness (QED) is 0.701. The fourth-order valence-corrected chi connectivity index (χ4v) is 1.67. The fourth-order valence-electron chi connectivity index (χ4n) is 1.60. The Morgan fingerprint density at radius 1 is 1.50 bits per heavy atom. The first-order valence-electron chi connectivity index (χ1n) is 5.21. The van der Waals surface area contributed by atoms with Crippen LogP contribution in [0.25, 0.3) is 0 Å². The molecule has 0 spiro atoms. The maximum Gasteiger partial charge on any atom is 0.232 e. The summed E-state index contributed by atoms with van der Waals surface area (Å²) in [5.74, 6) is -0.0185. The van der Waals surface area contributed by atoms with Crippen molar-refractivity contribution in [2.24, 2.45) is 0 Å². The molecule has 0 aliphatic carbocycles. The van der Waals surface area contributed by atoms with Crippen LogP contribution >= 0.6 is 12.6 Å². The van der Waals surface area contributed by atoms with Crippen LogP contribution < -0.4 is 5.32 Å². The molecule has 1 rings (SSSR count). The van der Waals surface area contributed by atoms with Gasteiger partial charge in [-0.15, -0.1) is 0 Å². The lowest BCUT2D eigenvalue weighted by Gasteiger charge is -2.29. The average Bonchev–Trinajstić information content (AvgIpc) is 2.19. The minimum absolute atomic E-state index is 0.0185. The van der Waals surface area contributed by atoms with Crippen LogP contribution in [0.5, 0.6) is 0 Å². The smallest absolute Gasteiger partial charge is 0.232 e. The molecule has 4 heteroatoms. The minimum Gasteiger partial charge on any atom is -0.376 e. The number of carbonyl (C=O) groups is 1. The molecule has 0 radical (unpaired) electrons. The number of carbonyl (C=O) groups excluding carboxylic acids is 1. The van der Waals surface area contributed by atoms with Gasteiger partial charge in [-0.05, 0) is 33.1 Å². The summed E-state index contributed by atoms with van der Waals surface area (Å²) < 4.78 is 5.58. The number of amides is 1. The van der Waals surface area contributed by atoms with Gasteiger partial charge >= 0.3 is 0 Å². The summed E-state index contributed by atoms with van der Waals surface area (Å²) in [6, 6.07) is 0.0948. The van der Waals surface area contributed by atoms with Crippen molar-refractivity contribution in [1.82, 2.24) is 5.32 Å². The Kier molecular flexibility index (Phi) is 4.75. The molecule has 3 unspecified atom stereocenters. The number of thiol groups is 1. The lowest BCUT2D eigenvalue weighted by molar-refractivity contribution is -0.122. The molecule has 0 bridgehead atoms. The van der Waals surface area contributed by atoms with Crippen LogP contribution in [-0.2, 0) is 9.53 Å². The Morgan fingerprint density at radius 3 is 2.71 bits per heavy atom. The highest BCUT2D eigenvalue weighted by Crippen LogP contribution is 2.15. The van der Waals surface area contributed by atoms with Crippen molar-refractivity contribution >= 4 is 18.5 Å². The molecule has 1 aliphatic rings. The van der Waals surface area contributed by atoms with Gasteiger partial charge in [0.15, 0.2) is 0 Å². The summed E-state index contributed by atoms with van der Waals surface area (Å²) in [5.41, 5.74) is 0. The summed E-state index contributed by atoms with van der Waals surface area (Å²) >= 11 is 4.08. The monoisotopic (exact) mass is 217 g/mol. The van der Waals surface area contributed by atoms with E-state index in [9.17, 15) is 4.79 Å². The molecule has 0 aromatic heterocycles. The molecule has 1 N–H and O–H groups in total. The Labute approximate surface area is 91.0 Å². The molecule has 1 saturated heterocycles. The van der Waals surface area contributed by atoms with E-state index in [1.165, 1.54) is 6.42 Å². The summed E-state index contributed by atoms with van der Waals surface area (Å²) in [6.45, 7) is 4.58. The van der Waals surface area contributed by atoms with Crippen molar-refractivity contribution in [3.8, 4) is 0 Å². The van der Waals surface area contributed by atoms with Crippen molar-refractivity contribution in [2.75, 3.05) is 6.61 Å². The molecule has 0 aromatic carbocycles. The van der Waals surface area contributed by atoms with E-state index in [0.29, 0.717) is 0 Å². The minimum atomic E-state index is -0.249. The number of hydrogen-bond acceptors (Lipinski definition) is 3. The van der Waals surface area contributed by atoms with E-state index >= 15 is 0 Å². The van der Waals surface area contributed by atoms with E-state index < -0.39 is 0 Å². The lowest BCUT2D eigenvalue weighted by atomic mass is 10.0. The van der Waals surface area contributed by atoms with Crippen molar-refractivity contribution < 1.29 is 9.53 Å². The van der Waals surface area contributed by atoms with Crippen molar-refractivity contribution in [1.29, 1.82) is 0 Å². The highest BCUT2D eigenvalue weighted by molar-refractivity contribution is 7.81. The Morgan fingerprint density at radius 2 is 2.21 bits per heavy atom. The van der Waals surface area contributed by atoms with E-state index in [1.807, 2.05) is 6.92 Å². The summed E-state index contributed by atoms with van der Waals surface area (Å²) in [6.07, 6.45) is 3.56. The van der Waals surface area contributed by atoms with Crippen LogP contribution in [0.15, 0.2) is 0 Å². The highest BCUT2D eigenvalue weighted by Gasteiger charge is 2.22. The van der Waals surface area contributed by atoms with E-state index in [0.717, 1.165) is 19.4 Å². The molecular weight excluding hydrogens is 198 g/mol. The van der Waals surface area contributed by atoms with E-state index in [4.69, 9.17) is 4.74 Å². The first kappa shape index (κ1) is 11.9. The van der Waals surface area contributed by atoms with Crippen molar-refractivity contribution in [3.05, 3.63) is 0 Å². The highest BCUT2D eigenvalue weighted by atomic mass is 32.1. The third-order valence-corrected chi connectivity index (χ3v) is 2.76. The van der Waals surface area contributed by atoms with Gasteiger partial charge in [0, 0.05) is 6.61 Å². The zero-order valence-electron chi connectivity index (χ0n) is 8.82. The van der Waals surface area contributed by atoms with Gasteiger partial charge < -0.3 is 10.1 Å². The molecule has 1 heterocycles. The van der Waals surface area contributed by atoms with Gasteiger partial charge in [-0.2, -0.15) is 12.6 Å². The average molecular weight is 217 g/mol. The normalized spacial score (nSPS) is 26.6. The van der Waals surface area contributed by atoms with E-state index in [2.05, 4.69) is 17.9 Å². The molecule has 0 aromatic rings. The molecular formula is C10H19NO2S. The standard InChI is InChI=1S/C10H19NO2S/c1-7(11-10(12)8(2)14)9-5-3-4-6-13-9/h7-9,14H,3-6H2,1-2H3,(H,11,12). The van der Waals surface area contributed by atoms with Gasteiger partial charge in [-0.1, -0.05) is 0 Å². The van der Waals surface area contributed by atoms with Gasteiger partial charge in [-0.3, -0.25) is 4.79 Å². The van der Waals surface area contributed by atoms with Gasteiger partial charge in [0.2, 0.25) is 5.91 Å². The predicted molar refractivity (Wildman–Crippen MR) is 59.6 cm³/mol. The molecule has 14 heavy (non-hydrogen) atoms. The number of hydrogen-bond donors (Lipinski definition) is 2. The number of rotatable bonds is 3. The third kappa shape index (κ3) is 3.50. The maximum absolute atomic E-state index is 11.4. The lowest BCUT2D eigenvalue weighted by Crippen LogP contribution is -2.45. The van der Waals surface area contributed by atoms with Gasteiger partial charge in [0.1, 0.15) is 0 Å². The zero-order chi connectivity index (χ0) is 10.6. The van der Waals surface area contributed by atoms with Crippen LogP contribution in [0.3, 0.4) is 0 Å². The molecule has 3 nitrogen and oxygen atoms in total. The molecule has 3 atom stereocenters. The fraction of sp³-hybridized carbons (Fsp3) is 0.900. The first-order valence-corrected chi connectivity index (χ1v) is 5.73. The molecule has 82 valence electrons. The topological polar surface area (TPSA) is 38.3 Å².